The zero-order valence-electron chi connectivity index (χ0n) is 19.2. The molecule has 2 aliphatic rings. The largest absolute Gasteiger partial charge is 0.493 e. The van der Waals surface area contributed by atoms with E-state index in [2.05, 4.69) is 22.2 Å². The van der Waals surface area contributed by atoms with Crippen LogP contribution in [0.5, 0.6) is 5.75 Å². The molecular weight excluding hydrogens is 416 g/mol. The first-order valence-electron chi connectivity index (χ1n) is 11.7. The van der Waals surface area contributed by atoms with Gasteiger partial charge in [0.1, 0.15) is 12.1 Å². The van der Waals surface area contributed by atoms with Gasteiger partial charge in [0.15, 0.2) is 0 Å². The Hall–Kier alpha value is -3.19. The molecule has 0 radical (unpaired) electrons. The number of carbonyl (C=O) groups excluding carboxylic acids is 1. The van der Waals surface area contributed by atoms with Crippen LogP contribution in [0.25, 0.3) is 16.6 Å². The molecule has 0 spiro atoms. The molecule has 5 rings (SSSR count). The fraction of sp³-hybridized carbons (Fsp3) is 0.423. The molecule has 1 amide bonds. The molecule has 1 aliphatic heterocycles. The van der Waals surface area contributed by atoms with Gasteiger partial charge in [-0.1, -0.05) is 6.07 Å². The molecule has 1 atom stereocenters. The van der Waals surface area contributed by atoms with Gasteiger partial charge >= 0.3 is 0 Å². The Balaban J connectivity index is 1.42. The third kappa shape index (κ3) is 4.78. The van der Waals surface area contributed by atoms with Crippen molar-refractivity contribution >= 4 is 16.8 Å². The summed E-state index contributed by atoms with van der Waals surface area (Å²) in [5, 5.41) is 3.51. The molecule has 2 fully saturated rings. The normalized spacial score (nSPS) is 18.9. The maximum Gasteiger partial charge on any atom is 0.265 e. The molecule has 2 aromatic carbocycles. The van der Waals surface area contributed by atoms with Crippen LogP contribution in [0.4, 0.5) is 0 Å². The molecular formula is C26H30N4O3. The van der Waals surface area contributed by atoms with Gasteiger partial charge < -0.3 is 15.0 Å². The number of piperidine rings is 1. The number of hydrogen-bond donors (Lipinski definition) is 1. The molecule has 3 aromatic rings. The Morgan fingerprint density at radius 1 is 1.18 bits per heavy atom. The lowest BCUT2D eigenvalue weighted by atomic mass is 10.00. The van der Waals surface area contributed by atoms with Crippen LogP contribution in [-0.4, -0.2) is 53.1 Å². The molecule has 7 heteroatoms. The maximum absolute atomic E-state index is 13.4. The molecule has 2 heterocycles. The molecule has 0 bridgehead atoms. The zero-order valence-corrected chi connectivity index (χ0v) is 19.2. The summed E-state index contributed by atoms with van der Waals surface area (Å²) in [6.07, 6.45) is 5.94. The van der Waals surface area contributed by atoms with Crippen LogP contribution < -0.4 is 15.6 Å². The summed E-state index contributed by atoms with van der Waals surface area (Å²) in [6.45, 7) is 4.74. The number of aromatic nitrogens is 2. The second-order valence-corrected chi connectivity index (χ2v) is 9.43. The zero-order chi connectivity index (χ0) is 22.9. The molecule has 1 saturated heterocycles. The first-order chi connectivity index (χ1) is 16.0. The minimum Gasteiger partial charge on any atom is -0.493 e. The molecule has 7 nitrogen and oxygen atoms in total. The van der Waals surface area contributed by atoms with Crippen molar-refractivity contribution in [3.05, 3.63) is 64.2 Å². The lowest BCUT2D eigenvalue weighted by molar-refractivity contribution is 0.0951. The van der Waals surface area contributed by atoms with Crippen LogP contribution >= 0.6 is 0 Å². The van der Waals surface area contributed by atoms with E-state index in [0.29, 0.717) is 40.4 Å². The summed E-state index contributed by atoms with van der Waals surface area (Å²) in [5.74, 6) is 1.07. The van der Waals surface area contributed by atoms with Crippen molar-refractivity contribution in [2.45, 2.75) is 38.6 Å². The van der Waals surface area contributed by atoms with Crippen LogP contribution in [-0.2, 0) is 0 Å². The van der Waals surface area contributed by atoms with Crippen molar-refractivity contribution in [1.82, 2.24) is 19.8 Å². The first-order valence-corrected chi connectivity index (χ1v) is 11.7. The molecule has 1 N–H and O–H groups in total. The Kier molecular flexibility index (Phi) is 5.89. The number of benzene rings is 2. The highest BCUT2D eigenvalue weighted by atomic mass is 16.5. The van der Waals surface area contributed by atoms with Crippen molar-refractivity contribution in [2.75, 3.05) is 26.7 Å². The summed E-state index contributed by atoms with van der Waals surface area (Å²) >= 11 is 0. The maximum atomic E-state index is 13.4. The predicted octanol–water partition coefficient (Wildman–Crippen LogP) is 3.31. The van der Waals surface area contributed by atoms with Crippen molar-refractivity contribution in [3.8, 4) is 11.4 Å². The highest BCUT2D eigenvalue weighted by Crippen LogP contribution is 2.23. The Labute approximate surface area is 193 Å². The lowest BCUT2D eigenvalue weighted by Gasteiger charge is -2.29. The summed E-state index contributed by atoms with van der Waals surface area (Å²) in [6, 6.07) is 11.2. The van der Waals surface area contributed by atoms with Gasteiger partial charge in [0.25, 0.3) is 11.5 Å². The third-order valence-corrected chi connectivity index (χ3v) is 6.58. The van der Waals surface area contributed by atoms with Gasteiger partial charge in [0.05, 0.1) is 23.2 Å². The van der Waals surface area contributed by atoms with Crippen molar-refractivity contribution in [1.29, 1.82) is 0 Å². The van der Waals surface area contributed by atoms with Crippen LogP contribution in [0.3, 0.4) is 0 Å². The summed E-state index contributed by atoms with van der Waals surface area (Å²) < 4.78 is 7.58. The van der Waals surface area contributed by atoms with Gasteiger partial charge in [-0.3, -0.25) is 14.2 Å². The second kappa shape index (κ2) is 8.98. The van der Waals surface area contributed by atoms with Gasteiger partial charge in [-0.2, -0.15) is 0 Å². The van der Waals surface area contributed by atoms with Gasteiger partial charge in [-0.05, 0) is 82.1 Å². The van der Waals surface area contributed by atoms with E-state index in [1.165, 1.54) is 17.3 Å². The number of carbonyl (C=O) groups is 1. The van der Waals surface area contributed by atoms with Crippen molar-refractivity contribution < 1.29 is 9.53 Å². The fourth-order valence-corrected chi connectivity index (χ4v) is 4.49. The second-order valence-electron chi connectivity index (χ2n) is 9.43. The number of likely N-dealkylation sites (tertiary alicyclic amines) is 1. The first kappa shape index (κ1) is 21.6. The van der Waals surface area contributed by atoms with Crippen LogP contribution in [0.15, 0.2) is 47.5 Å². The van der Waals surface area contributed by atoms with Crippen molar-refractivity contribution in [3.63, 3.8) is 0 Å². The Morgan fingerprint density at radius 2 is 2.03 bits per heavy atom. The standard InChI is InChI=1S/C26H30N4O3/c1-17-5-6-19(25(31)28-20-7-8-20)12-24(17)30-16-27-23-10-9-21(13-22(23)26(30)32)33-15-18-4-3-11-29(2)14-18/h5-6,9-10,12-13,16,18,20H,3-4,7-8,11,14-15H2,1-2H3,(H,28,31). The SMILES string of the molecule is Cc1ccc(C(=O)NC2CC2)cc1-n1cnc2ccc(OCC3CCCN(C)C3)cc2c1=O. The molecule has 33 heavy (non-hydrogen) atoms. The van der Waals surface area contributed by atoms with Crippen LogP contribution in [0.1, 0.15) is 41.6 Å². The quantitative estimate of drug-likeness (QED) is 0.629. The van der Waals surface area contributed by atoms with Crippen molar-refractivity contribution in [2.24, 2.45) is 5.92 Å². The summed E-state index contributed by atoms with van der Waals surface area (Å²) in [4.78, 5) is 32.8. The summed E-state index contributed by atoms with van der Waals surface area (Å²) in [5.41, 5.74) is 2.56. The van der Waals surface area contributed by atoms with Gasteiger partial charge in [0, 0.05) is 24.1 Å². The minimum absolute atomic E-state index is 0.107. The van der Waals surface area contributed by atoms with E-state index in [4.69, 9.17) is 4.74 Å². The smallest absolute Gasteiger partial charge is 0.265 e. The third-order valence-electron chi connectivity index (χ3n) is 6.58. The monoisotopic (exact) mass is 446 g/mol. The number of amides is 1. The topological polar surface area (TPSA) is 76.5 Å². The highest BCUT2D eigenvalue weighted by Gasteiger charge is 2.24. The number of hydrogen-bond acceptors (Lipinski definition) is 5. The van der Waals surface area contributed by atoms with Crippen LogP contribution in [0, 0.1) is 12.8 Å². The van der Waals surface area contributed by atoms with E-state index < -0.39 is 0 Å². The average Bonchev–Trinajstić information content (AvgIpc) is 3.63. The van der Waals surface area contributed by atoms with E-state index >= 15 is 0 Å². The molecule has 1 unspecified atom stereocenters. The van der Waals surface area contributed by atoms with Gasteiger partial charge in [-0.25, -0.2) is 4.98 Å². The number of ether oxygens (including phenoxy) is 1. The lowest BCUT2D eigenvalue weighted by Crippen LogP contribution is -2.34. The van der Waals surface area contributed by atoms with E-state index in [9.17, 15) is 9.59 Å². The predicted molar refractivity (Wildman–Crippen MR) is 128 cm³/mol. The number of fused-ring (bicyclic) bond motifs is 1. The van der Waals surface area contributed by atoms with Gasteiger partial charge in [0.2, 0.25) is 0 Å². The Bertz CT molecular complexity index is 1250. The van der Waals surface area contributed by atoms with Crippen LogP contribution in [0.2, 0.25) is 0 Å². The number of nitrogens with one attached hydrogen (secondary N) is 1. The molecule has 1 aliphatic carbocycles. The van der Waals surface area contributed by atoms with E-state index in [-0.39, 0.29) is 17.5 Å². The number of aryl methyl sites for hydroxylation is 1. The fourth-order valence-electron chi connectivity index (χ4n) is 4.49. The highest BCUT2D eigenvalue weighted by molar-refractivity contribution is 5.95. The Morgan fingerprint density at radius 3 is 2.82 bits per heavy atom. The van der Waals surface area contributed by atoms with E-state index in [1.807, 2.05) is 25.1 Å². The molecule has 1 aromatic heterocycles. The van der Waals surface area contributed by atoms with Gasteiger partial charge in [-0.15, -0.1) is 0 Å². The molecule has 172 valence electrons. The van der Waals surface area contributed by atoms with E-state index in [0.717, 1.165) is 37.9 Å². The average molecular weight is 447 g/mol. The number of rotatable bonds is 6. The number of nitrogens with zero attached hydrogens (tertiary/aromatic N) is 3. The minimum atomic E-state index is -0.175. The summed E-state index contributed by atoms with van der Waals surface area (Å²) in [7, 11) is 2.14. The molecule has 1 saturated carbocycles. The van der Waals surface area contributed by atoms with E-state index in [1.54, 1.807) is 18.2 Å².